The maximum Gasteiger partial charge on any atom is 0.339 e. The number of carbonyl (C=O) groups excluding carboxylic acids is 2. The number of rotatable bonds is 4. The summed E-state index contributed by atoms with van der Waals surface area (Å²) >= 11 is 0. The monoisotopic (exact) mass is 227 g/mol. The number of aliphatic hydroxyl groups is 1. The van der Waals surface area contributed by atoms with Gasteiger partial charge in [-0.3, -0.25) is 4.79 Å². The van der Waals surface area contributed by atoms with Gasteiger partial charge in [-0.1, -0.05) is 6.92 Å². The van der Waals surface area contributed by atoms with Gasteiger partial charge in [0.15, 0.2) is 5.76 Å². The van der Waals surface area contributed by atoms with E-state index in [1.807, 2.05) is 13.8 Å². The highest BCUT2D eigenvalue weighted by atomic mass is 16.5. The van der Waals surface area contributed by atoms with Gasteiger partial charge in [0.25, 0.3) is 5.91 Å². The van der Waals surface area contributed by atoms with Crippen molar-refractivity contribution in [3.8, 4) is 0 Å². The van der Waals surface area contributed by atoms with Crippen molar-refractivity contribution in [2.45, 2.75) is 33.2 Å². The predicted molar refractivity (Wildman–Crippen MR) is 57.8 cm³/mol. The van der Waals surface area contributed by atoms with E-state index in [-0.39, 0.29) is 24.8 Å². The van der Waals surface area contributed by atoms with Crippen molar-refractivity contribution in [1.29, 1.82) is 0 Å². The fraction of sp³-hybridized carbons (Fsp3) is 0.636. The Bertz CT molecular complexity index is 335. The van der Waals surface area contributed by atoms with Crippen molar-refractivity contribution in [3.63, 3.8) is 0 Å². The molecule has 5 nitrogen and oxygen atoms in total. The van der Waals surface area contributed by atoms with Crippen LogP contribution in [0.3, 0.4) is 0 Å². The Hall–Kier alpha value is -1.52. The number of nitrogens with zero attached hydrogens (tertiary/aromatic N) is 1. The summed E-state index contributed by atoms with van der Waals surface area (Å²) in [5.41, 5.74) is 0.0622. The molecule has 1 atom stereocenters. The largest absolute Gasteiger partial charge is 0.503 e. The Morgan fingerprint density at radius 1 is 1.56 bits per heavy atom. The number of esters is 1. The van der Waals surface area contributed by atoms with Crippen molar-refractivity contribution in [3.05, 3.63) is 11.3 Å². The maximum absolute atomic E-state index is 11.6. The summed E-state index contributed by atoms with van der Waals surface area (Å²) in [7, 11) is 0. The fourth-order valence-electron chi connectivity index (χ4n) is 1.54. The summed E-state index contributed by atoms with van der Waals surface area (Å²) in [5.74, 6) is -1.57. The van der Waals surface area contributed by atoms with Crippen LogP contribution >= 0.6 is 0 Å². The summed E-state index contributed by atoms with van der Waals surface area (Å²) in [4.78, 5) is 24.5. The van der Waals surface area contributed by atoms with Gasteiger partial charge in [-0.15, -0.1) is 0 Å². The number of hydrogen-bond acceptors (Lipinski definition) is 4. The van der Waals surface area contributed by atoms with Crippen LogP contribution in [-0.2, 0) is 14.3 Å². The molecule has 1 heterocycles. The highest BCUT2D eigenvalue weighted by molar-refractivity contribution is 6.05. The van der Waals surface area contributed by atoms with E-state index in [9.17, 15) is 14.7 Å². The van der Waals surface area contributed by atoms with E-state index in [2.05, 4.69) is 0 Å². The van der Waals surface area contributed by atoms with Crippen LogP contribution in [-0.4, -0.2) is 41.1 Å². The minimum absolute atomic E-state index is 0.00146. The van der Waals surface area contributed by atoms with Crippen LogP contribution in [0.1, 0.15) is 27.2 Å². The Morgan fingerprint density at radius 3 is 2.69 bits per heavy atom. The molecule has 0 aromatic carbocycles. The molecule has 1 aliphatic heterocycles. The van der Waals surface area contributed by atoms with Crippen molar-refractivity contribution < 1.29 is 19.4 Å². The molecular weight excluding hydrogens is 210 g/mol. The smallest absolute Gasteiger partial charge is 0.339 e. The summed E-state index contributed by atoms with van der Waals surface area (Å²) in [6, 6.07) is 0.00146. The molecule has 1 unspecified atom stereocenters. The SMILES string of the molecule is CCOC(=O)C1=C(O)C(=O)N(C(C)CC)C1. The van der Waals surface area contributed by atoms with E-state index in [4.69, 9.17) is 4.74 Å². The van der Waals surface area contributed by atoms with Crippen LogP contribution in [0, 0.1) is 0 Å². The van der Waals surface area contributed by atoms with Crippen LogP contribution < -0.4 is 0 Å². The van der Waals surface area contributed by atoms with Gasteiger partial charge in [0, 0.05) is 6.04 Å². The van der Waals surface area contributed by atoms with E-state index in [0.29, 0.717) is 0 Å². The zero-order valence-electron chi connectivity index (χ0n) is 9.82. The molecule has 1 rings (SSSR count). The van der Waals surface area contributed by atoms with Crippen LogP contribution in [0.5, 0.6) is 0 Å². The molecule has 1 amide bonds. The first-order chi connectivity index (χ1) is 7.52. The third kappa shape index (κ3) is 2.18. The summed E-state index contributed by atoms with van der Waals surface area (Å²) in [6.07, 6.45) is 0.773. The summed E-state index contributed by atoms with van der Waals surface area (Å²) in [5, 5.41) is 9.56. The van der Waals surface area contributed by atoms with Gasteiger partial charge in [0.05, 0.1) is 13.2 Å². The second-order valence-electron chi connectivity index (χ2n) is 3.74. The lowest BCUT2D eigenvalue weighted by molar-refractivity contribution is -0.138. The van der Waals surface area contributed by atoms with Crippen LogP contribution in [0.25, 0.3) is 0 Å². The standard InChI is InChI=1S/C11H17NO4/c1-4-7(3)12-6-8(9(13)10(12)14)11(15)16-5-2/h7,13H,4-6H2,1-3H3. The molecular formula is C11H17NO4. The van der Waals surface area contributed by atoms with Crippen LogP contribution in [0.15, 0.2) is 11.3 Å². The third-order valence-corrected chi connectivity index (χ3v) is 2.72. The van der Waals surface area contributed by atoms with Crippen molar-refractivity contribution in [1.82, 2.24) is 4.90 Å². The van der Waals surface area contributed by atoms with Crippen molar-refractivity contribution in [2.24, 2.45) is 0 Å². The first kappa shape index (κ1) is 12.5. The maximum atomic E-state index is 11.6. The third-order valence-electron chi connectivity index (χ3n) is 2.72. The molecule has 0 saturated carbocycles. The molecule has 0 bridgehead atoms. The number of ether oxygens (including phenoxy) is 1. The normalized spacial score (nSPS) is 17.9. The molecule has 0 radical (unpaired) electrons. The van der Waals surface area contributed by atoms with Crippen LogP contribution in [0.4, 0.5) is 0 Å². The molecule has 16 heavy (non-hydrogen) atoms. The minimum Gasteiger partial charge on any atom is -0.503 e. The summed E-state index contributed by atoms with van der Waals surface area (Å²) in [6.45, 7) is 5.86. The van der Waals surface area contributed by atoms with E-state index in [1.165, 1.54) is 4.90 Å². The zero-order valence-corrected chi connectivity index (χ0v) is 9.82. The molecule has 0 aliphatic carbocycles. The molecule has 5 heteroatoms. The Morgan fingerprint density at radius 2 is 2.19 bits per heavy atom. The molecule has 0 aromatic heterocycles. The molecule has 0 fully saturated rings. The molecule has 0 aromatic rings. The van der Waals surface area contributed by atoms with Crippen molar-refractivity contribution in [2.75, 3.05) is 13.2 Å². The van der Waals surface area contributed by atoms with E-state index in [0.717, 1.165) is 6.42 Å². The van der Waals surface area contributed by atoms with Gasteiger partial charge in [-0.05, 0) is 20.3 Å². The van der Waals surface area contributed by atoms with Crippen molar-refractivity contribution >= 4 is 11.9 Å². The highest BCUT2D eigenvalue weighted by Gasteiger charge is 2.36. The first-order valence-corrected chi connectivity index (χ1v) is 5.43. The number of carbonyl (C=O) groups is 2. The molecule has 90 valence electrons. The second kappa shape index (κ2) is 5.01. The Labute approximate surface area is 94.7 Å². The average Bonchev–Trinajstić information content (AvgIpc) is 2.56. The average molecular weight is 227 g/mol. The zero-order chi connectivity index (χ0) is 12.3. The highest BCUT2D eigenvalue weighted by Crippen LogP contribution is 2.21. The molecule has 0 saturated heterocycles. The summed E-state index contributed by atoms with van der Waals surface area (Å²) < 4.78 is 4.77. The predicted octanol–water partition coefficient (Wildman–Crippen LogP) is 1.00. The van der Waals surface area contributed by atoms with E-state index < -0.39 is 17.6 Å². The number of aliphatic hydroxyl groups excluding tert-OH is 1. The molecule has 1 aliphatic rings. The van der Waals surface area contributed by atoms with E-state index >= 15 is 0 Å². The molecule has 0 spiro atoms. The number of hydrogen-bond donors (Lipinski definition) is 1. The first-order valence-electron chi connectivity index (χ1n) is 5.43. The minimum atomic E-state index is -0.612. The quantitative estimate of drug-likeness (QED) is 0.728. The Balaban J connectivity index is 2.82. The Kier molecular flexibility index (Phi) is 3.93. The van der Waals surface area contributed by atoms with E-state index in [1.54, 1.807) is 6.92 Å². The van der Waals surface area contributed by atoms with Gasteiger partial charge in [-0.2, -0.15) is 0 Å². The number of amides is 1. The van der Waals surface area contributed by atoms with Gasteiger partial charge in [0.1, 0.15) is 5.57 Å². The second-order valence-corrected chi connectivity index (χ2v) is 3.74. The van der Waals surface area contributed by atoms with Gasteiger partial charge >= 0.3 is 5.97 Å². The van der Waals surface area contributed by atoms with Crippen LogP contribution in [0.2, 0.25) is 0 Å². The molecule has 1 N–H and O–H groups in total. The fourth-order valence-corrected chi connectivity index (χ4v) is 1.54. The lowest BCUT2D eigenvalue weighted by atomic mass is 10.2. The van der Waals surface area contributed by atoms with Gasteiger partial charge in [-0.25, -0.2) is 4.79 Å². The van der Waals surface area contributed by atoms with Gasteiger partial charge in [0.2, 0.25) is 0 Å². The topological polar surface area (TPSA) is 66.8 Å². The lowest BCUT2D eigenvalue weighted by Crippen LogP contribution is -2.35. The lowest BCUT2D eigenvalue weighted by Gasteiger charge is -2.22. The van der Waals surface area contributed by atoms with Gasteiger partial charge < -0.3 is 14.7 Å².